The molecule has 0 unspecified atom stereocenters. The lowest BCUT2D eigenvalue weighted by molar-refractivity contribution is 1.32. The fraction of sp³-hybridized carbons (Fsp3) is 0. The zero-order chi connectivity index (χ0) is 11.5. The summed E-state index contributed by atoms with van der Waals surface area (Å²) in [5.41, 5.74) is 3.33. The van der Waals surface area contributed by atoms with Crippen molar-refractivity contribution in [2.75, 3.05) is 0 Å². The van der Waals surface area contributed by atoms with Crippen molar-refractivity contribution in [3.05, 3.63) is 60.3 Å². The number of fused-ring (bicyclic) bond motifs is 1. The van der Waals surface area contributed by atoms with Crippen molar-refractivity contribution in [1.82, 2.24) is 15.0 Å². The van der Waals surface area contributed by atoms with Crippen molar-refractivity contribution >= 4 is 23.1 Å². The first-order chi connectivity index (χ1) is 8.43. The Morgan fingerprint density at radius 1 is 1.00 bits per heavy atom. The molecular formula is C14H11N3. The molecule has 3 nitrogen and oxygen atoms in total. The highest BCUT2D eigenvalue weighted by Gasteiger charge is 1.99. The highest BCUT2D eigenvalue weighted by atomic mass is 14.7. The Bertz CT molecular complexity index is 653. The van der Waals surface area contributed by atoms with Gasteiger partial charge in [-0.2, -0.15) is 0 Å². The molecule has 0 fully saturated rings. The summed E-state index contributed by atoms with van der Waals surface area (Å²) in [5.74, 6) is 0. The first-order valence-corrected chi connectivity index (χ1v) is 5.43. The van der Waals surface area contributed by atoms with Gasteiger partial charge in [-0.05, 0) is 17.7 Å². The minimum absolute atomic E-state index is 1.09. The summed E-state index contributed by atoms with van der Waals surface area (Å²) >= 11 is 0. The highest BCUT2D eigenvalue weighted by Crippen LogP contribution is 2.18. The fourth-order valence-corrected chi connectivity index (χ4v) is 1.78. The van der Waals surface area contributed by atoms with Crippen molar-refractivity contribution in [2.45, 2.75) is 0 Å². The minimum Gasteiger partial charge on any atom is -0.360 e. The minimum atomic E-state index is 1.09. The Morgan fingerprint density at radius 2 is 1.94 bits per heavy atom. The predicted molar refractivity (Wildman–Crippen MR) is 69.3 cm³/mol. The molecule has 0 saturated carbocycles. The average Bonchev–Trinajstić information content (AvgIpc) is 2.81. The van der Waals surface area contributed by atoms with Gasteiger partial charge in [-0.25, -0.2) is 0 Å². The van der Waals surface area contributed by atoms with Crippen LogP contribution in [0.2, 0.25) is 0 Å². The van der Waals surface area contributed by atoms with E-state index in [1.807, 2.05) is 42.9 Å². The second kappa shape index (κ2) is 4.22. The molecule has 0 spiro atoms. The molecule has 0 aliphatic carbocycles. The van der Waals surface area contributed by atoms with E-state index in [0.717, 1.165) is 22.0 Å². The van der Waals surface area contributed by atoms with Gasteiger partial charge in [-0.1, -0.05) is 18.2 Å². The van der Waals surface area contributed by atoms with Gasteiger partial charge in [0.25, 0.3) is 0 Å². The maximum absolute atomic E-state index is 4.13. The van der Waals surface area contributed by atoms with Crippen LogP contribution in [0.5, 0.6) is 0 Å². The largest absolute Gasteiger partial charge is 0.360 e. The van der Waals surface area contributed by atoms with Crippen LogP contribution in [0.15, 0.2) is 49.2 Å². The molecule has 0 aliphatic heterocycles. The van der Waals surface area contributed by atoms with E-state index in [-0.39, 0.29) is 0 Å². The van der Waals surface area contributed by atoms with E-state index in [1.54, 1.807) is 12.4 Å². The maximum atomic E-state index is 4.13. The standard InChI is InChI=1S/C14H11N3/c1-2-11(8-15-6-1)3-4-12-9-17-14-5-7-16-10-13(12)14/h1-10,17H/b4-3+. The van der Waals surface area contributed by atoms with Gasteiger partial charge in [0.1, 0.15) is 0 Å². The van der Waals surface area contributed by atoms with E-state index in [9.17, 15) is 0 Å². The van der Waals surface area contributed by atoms with Gasteiger partial charge in [-0.3, -0.25) is 9.97 Å². The van der Waals surface area contributed by atoms with E-state index in [4.69, 9.17) is 0 Å². The molecule has 3 aromatic heterocycles. The van der Waals surface area contributed by atoms with Crippen LogP contribution in [-0.4, -0.2) is 15.0 Å². The van der Waals surface area contributed by atoms with Crippen molar-refractivity contribution in [1.29, 1.82) is 0 Å². The fourth-order valence-electron chi connectivity index (χ4n) is 1.78. The zero-order valence-corrected chi connectivity index (χ0v) is 9.17. The van der Waals surface area contributed by atoms with E-state index in [2.05, 4.69) is 21.0 Å². The molecule has 82 valence electrons. The molecule has 3 heterocycles. The Hall–Kier alpha value is -2.42. The molecule has 0 aliphatic rings. The number of hydrogen-bond donors (Lipinski definition) is 1. The van der Waals surface area contributed by atoms with Crippen LogP contribution in [0, 0.1) is 0 Å². The van der Waals surface area contributed by atoms with Crippen LogP contribution in [-0.2, 0) is 0 Å². The normalized spacial score (nSPS) is 11.3. The van der Waals surface area contributed by atoms with Gasteiger partial charge in [0.2, 0.25) is 0 Å². The summed E-state index contributed by atoms with van der Waals surface area (Å²) in [7, 11) is 0. The molecule has 0 radical (unpaired) electrons. The number of aromatic nitrogens is 3. The summed E-state index contributed by atoms with van der Waals surface area (Å²) in [6, 6.07) is 5.92. The Balaban J connectivity index is 1.98. The van der Waals surface area contributed by atoms with Crippen LogP contribution in [0.1, 0.15) is 11.1 Å². The van der Waals surface area contributed by atoms with E-state index in [0.29, 0.717) is 0 Å². The summed E-state index contributed by atoms with van der Waals surface area (Å²) < 4.78 is 0. The highest BCUT2D eigenvalue weighted by molar-refractivity contribution is 5.90. The summed E-state index contributed by atoms with van der Waals surface area (Å²) in [5, 5.41) is 1.13. The van der Waals surface area contributed by atoms with Gasteiger partial charge >= 0.3 is 0 Å². The smallest absolute Gasteiger partial charge is 0.0491 e. The number of H-pyrrole nitrogens is 1. The lowest BCUT2D eigenvalue weighted by Crippen LogP contribution is -1.74. The summed E-state index contributed by atoms with van der Waals surface area (Å²) in [4.78, 5) is 11.4. The Morgan fingerprint density at radius 3 is 2.82 bits per heavy atom. The summed E-state index contributed by atoms with van der Waals surface area (Å²) in [6.45, 7) is 0. The number of hydrogen-bond acceptors (Lipinski definition) is 2. The first kappa shape index (κ1) is 9.78. The van der Waals surface area contributed by atoms with Crippen LogP contribution in [0.4, 0.5) is 0 Å². The molecule has 0 aromatic carbocycles. The van der Waals surface area contributed by atoms with Crippen LogP contribution >= 0.6 is 0 Å². The van der Waals surface area contributed by atoms with Gasteiger partial charge in [-0.15, -0.1) is 0 Å². The van der Waals surface area contributed by atoms with Crippen LogP contribution in [0.3, 0.4) is 0 Å². The van der Waals surface area contributed by atoms with Gasteiger partial charge < -0.3 is 4.98 Å². The molecule has 1 N–H and O–H groups in total. The van der Waals surface area contributed by atoms with Crippen LogP contribution < -0.4 is 0 Å². The lowest BCUT2D eigenvalue weighted by atomic mass is 10.2. The molecule has 17 heavy (non-hydrogen) atoms. The zero-order valence-electron chi connectivity index (χ0n) is 9.17. The molecule has 0 saturated heterocycles. The third-order valence-electron chi connectivity index (χ3n) is 2.66. The van der Waals surface area contributed by atoms with Crippen molar-refractivity contribution in [2.24, 2.45) is 0 Å². The monoisotopic (exact) mass is 221 g/mol. The predicted octanol–water partition coefficient (Wildman–Crippen LogP) is 3.13. The van der Waals surface area contributed by atoms with Crippen molar-refractivity contribution < 1.29 is 0 Å². The number of nitrogens with one attached hydrogen (secondary N) is 1. The molecular weight excluding hydrogens is 210 g/mol. The Labute approximate surface area is 98.9 Å². The van der Waals surface area contributed by atoms with Crippen molar-refractivity contribution in [3.8, 4) is 0 Å². The van der Waals surface area contributed by atoms with Gasteiger partial charge in [0, 0.05) is 47.5 Å². The van der Waals surface area contributed by atoms with E-state index < -0.39 is 0 Å². The SMILES string of the molecule is C(=C\c1c[nH]c2ccncc12)/c1cccnc1. The number of pyridine rings is 2. The molecule has 3 aromatic rings. The van der Waals surface area contributed by atoms with E-state index >= 15 is 0 Å². The maximum Gasteiger partial charge on any atom is 0.0491 e. The average molecular weight is 221 g/mol. The third-order valence-corrected chi connectivity index (χ3v) is 2.66. The molecule has 3 heteroatoms. The first-order valence-electron chi connectivity index (χ1n) is 5.43. The second-order valence-electron chi connectivity index (χ2n) is 3.78. The molecule has 0 atom stereocenters. The van der Waals surface area contributed by atoms with Crippen LogP contribution in [0.25, 0.3) is 23.1 Å². The third kappa shape index (κ3) is 1.95. The molecule has 3 rings (SSSR count). The van der Waals surface area contributed by atoms with Gasteiger partial charge in [0.05, 0.1) is 0 Å². The quantitative estimate of drug-likeness (QED) is 0.722. The molecule has 0 bridgehead atoms. The van der Waals surface area contributed by atoms with Gasteiger partial charge in [0.15, 0.2) is 0 Å². The molecule has 0 amide bonds. The number of rotatable bonds is 2. The number of nitrogens with zero attached hydrogens (tertiary/aromatic N) is 2. The van der Waals surface area contributed by atoms with Crippen molar-refractivity contribution in [3.63, 3.8) is 0 Å². The Kier molecular flexibility index (Phi) is 2.43. The second-order valence-corrected chi connectivity index (χ2v) is 3.78. The summed E-state index contributed by atoms with van der Waals surface area (Å²) in [6.07, 6.45) is 13.4. The van der Waals surface area contributed by atoms with E-state index in [1.165, 1.54) is 0 Å². The lowest BCUT2D eigenvalue weighted by Gasteiger charge is -1.92. The topological polar surface area (TPSA) is 41.6 Å². The number of aromatic amines is 1.